The lowest BCUT2D eigenvalue weighted by Gasteiger charge is -2.47. The number of carbonyl (C=O) groups is 1. The Morgan fingerprint density at radius 3 is 2.78 bits per heavy atom. The van der Waals surface area contributed by atoms with E-state index < -0.39 is 31.1 Å². The molecule has 0 saturated heterocycles. The van der Waals surface area contributed by atoms with Crippen LogP contribution in [0.5, 0.6) is 11.5 Å². The van der Waals surface area contributed by atoms with Crippen molar-refractivity contribution in [1.82, 2.24) is 0 Å². The topological polar surface area (TPSA) is 46.5 Å². The number of phenolic OH excluding ortho intramolecular Hbond substituents is 1. The fourth-order valence-corrected chi connectivity index (χ4v) is 4.64. The van der Waals surface area contributed by atoms with Crippen molar-refractivity contribution in [3.8, 4) is 11.5 Å². The molecule has 0 unspecified atom stereocenters. The smallest absolute Gasteiger partial charge is 0.133 e. The van der Waals surface area contributed by atoms with Crippen LogP contribution in [0.4, 0.5) is 0 Å². The van der Waals surface area contributed by atoms with E-state index in [1.54, 1.807) is 12.1 Å². The predicted octanol–water partition coefficient (Wildman–Crippen LogP) is 6.26. The summed E-state index contributed by atoms with van der Waals surface area (Å²) in [7, 11) is 0. The first kappa shape index (κ1) is 13.6. The minimum absolute atomic E-state index is 0.00224. The first-order chi connectivity index (χ1) is 15.2. The second kappa shape index (κ2) is 7.48. The van der Waals surface area contributed by atoms with Gasteiger partial charge in [-0.1, -0.05) is 46.5 Å². The average molecular weight is 379 g/mol. The fourth-order valence-electron chi connectivity index (χ4n) is 4.64. The summed E-state index contributed by atoms with van der Waals surface area (Å²) in [6, 6.07) is 3.37. The summed E-state index contributed by atoms with van der Waals surface area (Å²) in [6.07, 6.45) is 5.45. The summed E-state index contributed by atoms with van der Waals surface area (Å²) < 4.78 is 55.3. The Labute approximate surface area is 172 Å². The molecule has 1 aromatic carbocycles. The zero-order chi connectivity index (χ0) is 24.8. The van der Waals surface area contributed by atoms with Crippen molar-refractivity contribution in [1.29, 1.82) is 0 Å². The first-order valence-electron chi connectivity index (χ1n) is 13.2. The van der Waals surface area contributed by atoms with Gasteiger partial charge in [-0.05, 0) is 49.7 Å². The minimum atomic E-state index is -2.94. The fraction of sp³-hybridized carbons (Fsp3) is 0.708. The number of unbranched alkanes of at least 4 members (excludes halogenated alkanes) is 3. The number of aromatic hydroxyl groups is 1. The highest BCUT2D eigenvalue weighted by Crippen LogP contribution is 2.54. The van der Waals surface area contributed by atoms with Gasteiger partial charge < -0.3 is 9.84 Å². The Morgan fingerprint density at radius 2 is 2.07 bits per heavy atom. The van der Waals surface area contributed by atoms with Crippen molar-refractivity contribution in [2.24, 2.45) is 5.92 Å². The van der Waals surface area contributed by atoms with E-state index >= 15 is 0 Å². The molecule has 1 aliphatic heterocycles. The van der Waals surface area contributed by atoms with Crippen LogP contribution in [0.15, 0.2) is 12.1 Å². The van der Waals surface area contributed by atoms with Crippen LogP contribution >= 0.6 is 0 Å². The maximum atomic E-state index is 12.3. The lowest BCUT2D eigenvalue weighted by atomic mass is 9.66. The number of benzene rings is 1. The third-order valence-corrected chi connectivity index (χ3v) is 6.39. The van der Waals surface area contributed by atoms with Crippen LogP contribution in [0.2, 0.25) is 0 Å². The molecule has 0 aromatic heterocycles. The van der Waals surface area contributed by atoms with E-state index in [4.69, 9.17) is 13.0 Å². The lowest BCUT2D eigenvalue weighted by molar-refractivity contribution is -0.124. The summed E-state index contributed by atoms with van der Waals surface area (Å²) in [5.41, 5.74) is -1.64. The van der Waals surface area contributed by atoms with Gasteiger partial charge in [0, 0.05) is 38.5 Å². The van der Waals surface area contributed by atoms with Crippen LogP contribution in [0, 0.1) is 5.92 Å². The molecule has 1 heterocycles. The molecule has 2 atom stereocenters. The average Bonchev–Trinajstić information content (AvgIpc) is 2.68. The Hall–Kier alpha value is -1.51. The maximum Gasteiger partial charge on any atom is 0.133 e. The molecule has 3 nitrogen and oxygen atoms in total. The number of rotatable bonds is 6. The largest absolute Gasteiger partial charge is 0.508 e. The van der Waals surface area contributed by atoms with E-state index in [9.17, 15) is 9.90 Å². The lowest BCUT2D eigenvalue weighted by Crippen LogP contribution is -2.47. The van der Waals surface area contributed by atoms with Gasteiger partial charge in [0.2, 0.25) is 0 Å². The van der Waals surface area contributed by atoms with Crippen molar-refractivity contribution in [3.05, 3.63) is 23.3 Å². The summed E-state index contributed by atoms with van der Waals surface area (Å²) in [6.45, 7) is 0.365. The van der Waals surface area contributed by atoms with Crippen molar-refractivity contribution in [2.75, 3.05) is 0 Å². The molecule has 0 spiro atoms. The highest BCUT2D eigenvalue weighted by atomic mass is 16.5. The number of fused-ring (bicyclic) bond motifs is 3. The number of ketones is 1. The number of phenols is 1. The molecule has 2 aliphatic rings. The number of hydrogen-bond donors (Lipinski definition) is 1. The molecule has 1 fully saturated rings. The van der Waals surface area contributed by atoms with Crippen LogP contribution in [-0.2, 0) is 10.2 Å². The quantitative estimate of drug-likeness (QED) is 0.594. The van der Waals surface area contributed by atoms with Crippen LogP contribution < -0.4 is 4.74 Å². The summed E-state index contributed by atoms with van der Waals surface area (Å²) in [5.74, 6) is -1.68. The molecule has 27 heavy (non-hydrogen) atoms. The second-order valence-electron chi connectivity index (χ2n) is 8.93. The highest BCUT2D eigenvalue weighted by Gasteiger charge is 2.47. The number of ether oxygens (including phenoxy) is 1. The van der Waals surface area contributed by atoms with E-state index in [1.165, 1.54) is 0 Å². The number of hydrogen-bond acceptors (Lipinski definition) is 3. The van der Waals surface area contributed by atoms with E-state index in [0.29, 0.717) is 5.56 Å². The third kappa shape index (κ3) is 4.02. The predicted molar refractivity (Wildman–Crippen MR) is 110 cm³/mol. The van der Waals surface area contributed by atoms with Crippen LogP contribution in [0.3, 0.4) is 0 Å². The van der Waals surface area contributed by atoms with E-state index in [1.807, 2.05) is 0 Å². The van der Waals surface area contributed by atoms with Crippen molar-refractivity contribution in [2.45, 2.75) is 103 Å². The van der Waals surface area contributed by atoms with Gasteiger partial charge in [0.1, 0.15) is 22.9 Å². The zero-order valence-electron chi connectivity index (χ0n) is 22.7. The van der Waals surface area contributed by atoms with Gasteiger partial charge >= 0.3 is 0 Å². The highest BCUT2D eigenvalue weighted by molar-refractivity contribution is 5.81. The van der Waals surface area contributed by atoms with Gasteiger partial charge in [-0.2, -0.15) is 0 Å². The Balaban J connectivity index is 2.14. The van der Waals surface area contributed by atoms with Gasteiger partial charge in [0.15, 0.2) is 0 Å². The van der Waals surface area contributed by atoms with Crippen LogP contribution in [0.25, 0.3) is 0 Å². The molecule has 1 saturated carbocycles. The molecule has 0 radical (unpaired) electrons. The second-order valence-corrected chi connectivity index (χ2v) is 8.93. The molecule has 1 aromatic rings. The third-order valence-electron chi connectivity index (χ3n) is 6.39. The normalized spacial score (nSPS) is 28.3. The minimum Gasteiger partial charge on any atom is -0.508 e. The first-order valence-corrected chi connectivity index (χ1v) is 10.2. The molecule has 150 valence electrons. The Bertz CT molecular complexity index is 873. The molecular weight excluding hydrogens is 336 g/mol. The Kier molecular flexibility index (Phi) is 3.78. The van der Waals surface area contributed by atoms with Gasteiger partial charge in [0.25, 0.3) is 0 Å². The maximum absolute atomic E-state index is 12.3. The van der Waals surface area contributed by atoms with Gasteiger partial charge in [-0.15, -0.1) is 0 Å². The summed E-state index contributed by atoms with van der Waals surface area (Å²) >= 11 is 0. The molecule has 3 heteroatoms. The van der Waals surface area contributed by atoms with E-state index in [0.717, 1.165) is 37.7 Å². The van der Waals surface area contributed by atoms with Gasteiger partial charge in [-0.3, -0.25) is 4.79 Å². The molecule has 3 rings (SSSR count). The summed E-state index contributed by atoms with van der Waals surface area (Å²) in [5, 5.41) is 11.0. The van der Waals surface area contributed by atoms with E-state index in [2.05, 4.69) is 20.8 Å². The standard InChI is InChI=1S/C24H36O3/c1-6-7-8-9-12-23(2,3)16-13-20(26)22-18-15-17(25)10-11-19(18)24(4,5)27-21(22)14-16/h13-14,18-19,26H,6-12,15H2,1-5H3/t18-,19+/m1/s1/i4D3,5D3. The molecule has 1 aliphatic carbocycles. The van der Waals surface area contributed by atoms with Crippen molar-refractivity contribution in [3.63, 3.8) is 0 Å². The van der Waals surface area contributed by atoms with Crippen LogP contribution in [-0.4, -0.2) is 16.5 Å². The molecular formula is C24H36O3. The van der Waals surface area contributed by atoms with E-state index in [-0.39, 0.29) is 42.0 Å². The van der Waals surface area contributed by atoms with Crippen molar-refractivity contribution >= 4 is 5.78 Å². The number of Topliss-reactive ketones (excluding diaryl/α,β-unsaturated/α-hetero) is 1. The monoisotopic (exact) mass is 378 g/mol. The number of carbonyl (C=O) groups excluding carboxylic acids is 1. The van der Waals surface area contributed by atoms with Gasteiger partial charge in [-0.25, -0.2) is 0 Å². The summed E-state index contributed by atoms with van der Waals surface area (Å²) in [4.78, 5) is 12.3. The molecule has 0 bridgehead atoms. The zero-order valence-corrected chi connectivity index (χ0v) is 16.7. The molecule has 0 amide bonds. The van der Waals surface area contributed by atoms with Crippen molar-refractivity contribution < 1.29 is 22.9 Å². The molecule has 1 N–H and O–H groups in total. The SMILES string of the molecule is [2H]C([2H])([2H])C1(C([2H])([2H])[2H])Oc2cc(C(C)(C)CCCCCC)cc(O)c2[C@@H]2CC(=O)CC[C@@H]21. The Morgan fingerprint density at radius 1 is 1.30 bits per heavy atom. The van der Waals surface area contributed by atoms with Gasteiger partial charge in [0.05, 0.1) is 0 Å². The van der Waals surface area contributed by atoms with Crippen LogP contribution in [0.1, 0.15) is 111 Å².